The second kappa shape index (κ2) is 6.72. The summed E-state index contributed by atoms with van der Waals surface area (Å²) >= 11 is 0. The van der Waals surface area contributed by atoms with Crippen LogP contribution < -0.4 is 5.56 Å². The number of nitrogens with one attached hydrogen (secondary N) is 1. The van der Waals surface area contributed by atoms with E-state index in [-0.39, 0.29) is 23.2 Å². The predicted octanol–water partition coefficient (Wildman–Crippen LogP) is 2.00. The molecule has 0 spiro atoms. The van der Waals surface area contributed by atoms with Crippen molar-refractivity contribution in [2.45, 2.75) is 13.0 Å². The highest BCUT2D eigenvalue weighted by atomic mass is 16.2. The summed E-state index contributed by atoms with van der Waals surface area (Å²) in [4.78, 5) is 25.6. The molecule has 0 saturated heterocycles. The molecule has 0 bridgehead atoms. The van der Waals surface area contributed by atoms with Gasteiger partial charge in [0.15, 0.2) is 0 Å². The molecule has 128 valence electrons. The van der Waals surface area contributed by atoms with E-state index >= 15 is 0 Å². The Bertz CT molecular complexity index is 945. The van der Waals surface area contributed by atoms with Crippen LogP contribution in [-0.2, 0) is 7.05 Å². The van der Waals surface area contributed by atoms with Crippen molar-refractivity contribution in [3.05, 3.63) is 70.3 Å². The average molecular weight is 337 g/mol. The molecule has 0 saturated carbocycles. The van der Waals surface area contributed by atoms with Crippen molar-refractivity contribution in [3.8, 4) is 11.3 Å². The molecule has 0 aliphatic heterocycles. The van der Waals surface area contributed by atoms with Crippen LogP contribution in [0.15, 0.2) is 53.3 Å². The van der Waals surface area contributed by atoms with Gasteiger partial charge in [0.1, 0.15) is 5.69 Å². The molecule has 0 fully saturated rings. The zero-order chi connectivity index (χ0) is 18.0. The summed E-state index contributed by atoms with van der Waals surface area (Å²) < 4.78 is 1.15. The van der Waals surface area contributed by atoms with Gasteiger partial charge in [-0.05, 0) is 19.1 Å². The normalized spacial score (nSPS) is 12.0. The van der Waals surface area contributed by atoms with Gasteiger partial charge in [-0.15, -0.1) is 0 Å². The van der Waals surface area contributed by atoms with Crippen molar-refractivity contribution in [1.29, 1.82) is 0 Å². The van der Waals surface area contributed by atoms with Crippen LogP contribution >= 0.6 is 0 Å². The van der Waals surface area contributed by atoms with E-state index in [1.807, 2.05) is 43.3 Å². The molecule has 25 heavy (non-hydrogen) atoms. The zero-order valence-electron chi connectivity index (χ0n) is 14.3. The Hall–Kier alpha value is -3.22. The molecule has 1 aromatic carbocycles. The summed E-state index contributed by atoms with van der Waals surface area (Å²) in [6.07, 6.45) is 0. The molecule has 7 nitrogen and oxygen atoms in total. The minimum atomic E-state index is -0.265. The number of H-pyrrole nitrogens is 1. The quantitative estimate of drug-likeness (QED) is 0.789. The Morgan fingerprint density at radius 3 is 2.60 bits per heavy atom. The van der Waals surface area contributed by atoms with Gasteiger partial charge < -0.3 is 4.90 Å². The minimum Gasteiger partial charge on any atom is -0.332 e. The topological polar surface area (TPSA) is 83.9 Å². The Morgan fingerprint density at radius 2 is 1.92 bits per heavy atom. The molecule has 7 heteroatoms. The fraction of sp³-hybridized carbons (Fsp3) is 0.222. The van der Waals surface area contributed by atoms with Gasteiger partial charge in [0, 0.05) is 25.7 Å². The van der Waals surface area contributed by atoms with Crippen molar-refractivity contribution >= 4 is 5.91 Å². The van der Waals surface area contributed by atoms with E-state index in [2.05, 4.69) is 15.3 Å². The fourth-order valence-corrected chi connectivity index (χ4v) is 2.49. The lowest BCUT2D eigenvalue weighted by molar-refractivity contribution is 0.0731. The Morgan fingerprint density at radius 1 is 1.20 bits per heavy atom. The molecule has 0 aliphatic carbocycles. The van der Waals surface area contributed by atoms with Crippen molar-refractivity contribution in [3.63, 3.8) is 0 Å². The molecule has 0 radical (unpaired) electrons. The summed E-state index contributed by atoms with van der Waals surface area (Å²) in [5.74, 6) is -0.265. The summed E-state index contributed by atoms with van der Waals surface area (Å²) in [7, 11) is 3.21. The molecular weight excluding hydrogens is 318 g/mol. The van der Waals surface area contributed by atoms with Crippen LogP contribution in [0.1, 0.15) is 29.1 Å². The molecule has 2 heterocycles. The number of carbonyl (C=O) groups is 1. The lowest BCUT2D eigenvalue weighted by atomic mass is 10.1. The van der Waals surface area contributed by atoms with Gasteiger partial charge in [-0.2, -0.15) is 10.2 Å². The van der Waals surface area contributed by atoms with E-state index in [0.717, 1.165) is 21.6 Å². The number of carbonyl (C=O) groups excluding carboxylic acids is 1. The monoisotopic (exact) mass is 337 g/mol. The van der Waals surface area contributed by atoms with E-state index in [9.17, 15) is 9.59 Å². The summed E-state index contributed by atoms with van der Waals surface area (Å²) in [6.45, 7) is 1.90. The number of aromatic nitrogens is 4. The number of hydrogen-bond donors (Lipinski definition) is 1. The number of aromatic amines is 1. The number of rotatable bonds is 4. The number of amides is 1. The number of benzene rings is 1. The summed E-state index contributed by atoms with van der Waals surface area (Å²) in [5.41, 5.74) is 2.61. The van der Waals surface area contributed by atoms with Gasteiger partial charge in [-0.25, -0.2) is 4.68 Å². The van der Waals surface area contributed by atoms with E-state index in [1.54, 1.807) is 11.9 Å². The van der Waals surface area contributed by atoms with Crippen molar-refractivity contribution in [1.82, 2.24) is 24.9 Å². The lowest BCUT2D eigenvalue weighted by Gasteiger charge is -2.23. The number of hydrogen-bond acceptors (Lipinski definition) is 4. The van der Waals surface area contributed by atoms with E-state index in [0.29, 0.717) is 0 Å². The highest BCUT2D eigenvalue weighted by molar-refractivity contribution is 5.92. The van der Waals surface area contributed by atoms with Crippen LogP contribution in [0, 0.1) is 0 Å². The first-order valence-corrected chi connectivity index (χ1v) is 7.89. The third kappa shape index (κ3) is 3.35. The molecule has 3 aromatic rings. The van der Waals surface area contributed by atoms with E-state index < -0.39 is 0 Å². The van der Waals surface area contributed by atoms with Crippen LogP contribution in [0.25, 0.3) is 11.3 Å². The fourth-order valence-electron chi connectivity index (χ4n) is 2.49. The number of nitrogens with zero attached hydrogens (tertiary/aromatic N) is 4. The molecule has 1 N–H and O–H groups in total. The Balaban J connectivity index is 1.81. The van der Waals surface area contributed by atoms with Crippen molar-refractivity contribution in [2.24, 2.45) is 7.05 Å². The van der Waals surface area contributed by atoms with Gasteiger partial charge >= 0.3 is 0 Å². The first-order valence-electron chi connectivity index (χ1n) is 7.89. The van der Waals surface area contributed by atoms with Crippen molar-refractivity contribution in [2.75, 3.05) is 7.05 Å². The Labute approximate surface area is 144 Å². The maximum atomic E-state index is 12.6. The third-order valence-corrected chi connectivity index (χ3v) is 4.20. The van der Waals surface area contributed by atoms with Crippen molar-refractivity contribution < 1.29 is 4.79 Å². The molecule has 0 unspecified atom stereocenters. The second-order valence-electron chi connectivity index (χ2n) is 5.85. The highest BCUT2D eigenvalue weighted by Gasteiger charge is 2.22. The molecule has 0 aliphatic rings. The summed E-state index contributed by atoms with van der Waals surface area (Å²) in [6, 6.07) is 14.3. The maximum Gasteiger partial charge on any atom is 0.274 e. The van der Waals surface area contributed by atoms with Crippen LogP contribution in [0.3, 0.4) is 0 Å². The standard InChI is InChI=1S/C18H19N5O2/c1-12(15-11-16(20-19-15)13-7-5-4-6-8-13)22(2)18(25)14-9-10-17(24)23(3)21-14/h4-12H,1-3H3,(H,19,20)/t12-/m1/s1. The molecule has 1 amide bonds. The molecule has 1 atom stereocenters. The maximum absolute atomic E-state index is 12.6. The van der Waals surface area contributed by atoms with Crippen LogP contribution in [-0.4, -0.2) is 37.8 Å². The largest absolute Gasteiger partial charge is 0.332 e. The summed E-state index contributed by atoms with van der Waals surface area (Å²) in [5, 5.41) is 11.3. The zero-order valence-corrected chi connectivity index (χ0v) is 14.3. The van der Waals surface area contributed by atoms with Gasteiger partial charge in [0.05, 0.1) is 17.4 Å². The van der Waals surface area contributed by atoms with Crippen LogP contribution in [0.2, 0.25) is 0 Å². The molecule has 2 aromatic heterocycles. The number of aryl methyl sites for hydroxylation is 1. The molecular formula is C18H19N5O2. The van der Waals surface area contributed by atoms with E-state index in [1.165, 1.54) is 19.2 Å². The lowest BCUT2D eigenvalue weighted by Crippen LogP contribution is -2.32. The highest BCUT2D eigenvalue weighted by Crippen LogP contribution is 2.23. The predicted molar refractivity (Wildman–Crippen MR) is 94.0 cm³/mol. The first kappa shape index (κ1) is 16.6. The smallest absolute Gasteiger partial charge is 0.274 e. The SMILES string of the molecule is C[C@H](c1cc(-c2ccccc2)n[nH]1)N(C)C(=O)c1ccc(=O)n(C)n1. The van der Waals surface area contributed by atoms with Gasteiger partial charge in [0.2, 0.25) is 0 Å². The minimum absolute atomic E-state index is 0.222. The Kier molecular flexibility index (Phi) is 4.47. The average Bonchev–Trinajstić information content (AvgIpc) is 3.13. The van der Waals surface area contributed by atoms with Gasteiger partial charge in [-0.3, -0.25) is 14.7 Å². The van der Waals surface area contributed by atoms with Gasteiger partial charge in [-0.1, -0.05) is 30.3 Å². The van der Waals surface area contributed by atoms with Crippen LogP contribution in [0.4, 0.5) is 0 Å². The molecule has 3 rings (SSSR count). The van der Waals surface area contributed by atoms with E-state index in [4.69, 9.17) is 0 Å². The second-order valence-corrected chi connectivity index (χ2v) is 5.85. The third-order valence-electron chi connectivity index (χ3n) is 4.20. The van der Waals surface area contributed by atoms with Gasteiger partial charge in [0.25, 0.3) is 11.5 Å². The van der Waals surface area contributed by atoms with Crippen LogP contribution in [0.5, 0.6) is 0 Å². The first-order chi connectivity index (χ1) is 12.0.